The fourth-order valence-electron chi connectivity index (χ4n) is 0.935. The molecule has 0 radical (unpaired) electrons. The number of alkyl halides is 1. The molecular weight excluding hydrogens is 197 g/mol. The van der Waals surface area contributed by atoms with E-state index in [1.807, 2.05) is 0 Å². The maximum Gasteiger partial charge on any atom is 0.296 e. The van der Waals surface area contributed by atoms with Crippen molar-refractivity contribution >= 4 is 10.1 Å². The van der Waals surface area contributed by atoms with Gasteiger partial charge in [-0.1, -0.05) is 0 Å². The van der Waals surface area contributed by atoms with Gasteiger partial charge in [0, 0.05) is 18.0 Å². The molecule has 1 aromatic rings. The van der Waals surface area contributed by atoms with E-state index in [2.05, 4.69) is 4.98 Å². The van der Waals surface area contributed by atoms with Crippen molar-refractivity contribution in [1.82, 2.24) is 4.98 Å². The molecule has 0 spiro atoms. The molecule has 0 saturated heterocycles. The van der Waals surface area contributed by atoms with Crippen LogP contribution in [0.3, 0.4) is 0 Å². The van der Waals surface area contributed by atoms with Gasteiger partial charge in [0.2, 0.25) is 0 Å². The van der Waals surface area contributed by atoms with Crippen molar-refractivity contribution in [1.29, 1.82) is 0 Å². The lowest BCUT2D eigenvalue weighted by atomic mass is 10.2. The molecule has 0 aliphatic carbocycles. The topological polar surface area (TPSA) is 67.3 Å². The maximum absolute atomic E-state index is 12.8. The Labute approximate surface area is 75.2 Å². The van der Waals surface area contributed by atoms with Crippen LogP contribution in [0.4, 0.5) is 4.39 Å². The third-order valence-electron chi connectivity index (χ3n) is 1.52. The predicted molar refractivity (Wildman–Crippen MR) is 43.6 cm³/mol. The molecule has 0 fully saturated rings. The molecule has 1 heterocycles. The van der Waals surface area contributed by atoms with Gasteiger partial charge in [0.1, 0.15) is 11.1 Å². The molecule has 4 nitrogen and oxygen atoms in total. The molecule has 0 aliphatic heterocycles. The Bertz CT molecular complexity index is 402. The van der Waals surface area contributed by atoms with Crippen molar-refractivity contribution in [2.24, 2.45) is 0 Å². The highest BCUT2D eigenvalue weighted by Crippen LogP contribution is 2.23. The summed E-state index contributed by atoms with van der Waals surface area (Å²) in [6.45, 7) is 1.18. The van der Waals surface area contributed by atoms with E-state index in [1.54, 1.807) is 0 Å². The number of halogens is 1. The fraction of sp³-hybridized carbons (Fsp3) is 0.286. The highest BCUT2D eigenvalue weighted by atomic mass is 32.2. The Hall–Kier alpha value is -1.01. The zero-order valence-corrected chi connectivity index (χ0v) is 7.62. The minimum atomic E-state index is -4.38. The van der Waals surface area contributed by atoms with Crippen molar-refractivity contribution in [3.63, 3.8) is 0 Å². The summed E-state index contributed by atoms with van der Waals surface area (Å²) >= 11 is 0. The largest absolute Gasteiger partial charge is 0.296 e. The Balaban J connectivity index is 3.37. The van der Waals surface area contributed by atoms with Gasteiger partial charge in [-0.25, -0.2) is 4.39 Å². The van der Waals surface area contributed by atoms with Crippen molar-refractivity contribution in [3.8, 4) is 0 Å². The number of hydrogen-bond donors (Lipinski definition) is 1. The summed E-state index contributed by atoms with van der Waals surface area (Å²) in [7, 11) is -4.38. The molecule has 0 saturated carbocycles. The zero-order chi connectivity index (χ0) is 10.1. The van der Waals surface area contributed by atoms with Crippen molar-refractivity contribution in [2.75, 3.05) is 0 Å². The van der Waals surface area contributed by atoms with Crippen LogP contribution < -0.4 is 0 Å². The molecule has 1 atom stereocenters. The summed E-state index contributed by atoms with van der Waals surface area (Å²) in [6, 6.07) is 1.22. The van der Waals surface area contributed by atoms with E-state index in [0.29, 0.717) is 0 Å². The minimum absolute atomic E-state index is 0.0856. The molecule has 6 heteroatoms. The molecular formula is C7H8FNO3S. The van der Waals surface area contributed by atoms with E-state index >= 15 is 0 Å². The monoisotopic (exact) mass is 205 g/mol. The molecule has 13 heavy (non-hydrogen) atoms. The molecule has 72 valence electrons. The lowest BCUT2D eigenvalue weighted by Crippen LogP contribution is -2.04. The lowest BCUT2D eigenvalue weighted by molar-refractivity contribution is 0.366. The number of hydrogen-bond acceptors (Lipinski definition) is 3. The first kappa shape index (κ1) is 10.1. The third kappa shape index (κ3) is 2.22. The summed E-state index contributed by atoms with van der Waals surface area (Å²) in [4.78, 5) is 3.01. The lowest BCUT2D eigenvalue weighted by Gasteiger charge is -2.05. The first-order valence-corrected chi connectivity index (χ1v) is 4.92. The average molecular weight is 205 g/mol. The van der Waals surface area contributed by atoms with Crippen LogP contribution >= 0.6 is 0 Å². The van der Waals surface area contributed by atoms with Gasteiger partial charge in [-0.3, -0.25) is 9.54 Å². The second kappa shape index (κ2) is 3.39. The molecule has 1 N–H and O–H groups in total. The molecule has 1 unspecified atom stereocenters. The fourth-order valence-corrected chi connectivity index (χ4v) is 1.66. The van der Waals surface area contributed by atoms with Gasteiger partial charge < -0.3 is 0 Å². The normalized spacial score (nSPS) is 14.1. The maximum atomic E-state index is 12.8. The van der Waals surface area contributed by atoms with Crippen LogP contribution in [0, 0.1) is 0 Å². The average Bonchev–Trinajstić information content (AvgIpc) is 2.03. The van der Waals surface area contributed by atoms with Crippen molar-refractivity contribution in [2.45, 2.75) is 18.0 Å². The second-order valence-electron chi connectivity index (χ2n) is 2.50. The van der Waals surface area contributed by atoms with Gasteiger partial charge in [-0.15, -0.1) is 0 Å². The van der Waals surface area contributed by atoms with Crippen LogP contribution in [0.25, 0.3) is 0 Å². The molecule has 0 amide bonds. The van der Waals surface area contributed by atoms with Crippen LogP contribution in [0.2, 0.25) is 0 Å². The summed E-state index contributed by atoms with van der Waals surface area (Å²) in [6.07, 6.45) is 0.723. The van der Waals surface area contributed by atoms with E-state index in [-0.39, 0.29) is 5.56 Å². The van der Waals surface area contributed by atoms with E-state index in [9.17, 15) is 12.8 Å². The standard InChI is InChI=1S/C7H8FNO3S/c1-5(8)6-2-3-9-4-7(6)13(10,11)12/h2-5H,1H3,(H,10,11,12). The number of nitrogens with zero attached hydrogens (tertiary/aromatic N) is 1. The van der Waals surface area contributed by atoms with E-state index in [1.165, 1.54) is 19.2 Å². The minimum Gasteiger partial charge on any atom is -0.282 e. The van der Waals surface area contributed by atoms with E-state index in [0.717, 1.165) is 6.20 Å². The van der Waals surface area contributed by atoms with Crippen LogP contribution in [-0.2, 0) is 10.1 Å². The number of aromatic nitrogens is 1. The third-order valence-corrected chi connectivity index (χ3v) is 2.42. The Morgan fingerprint density at radius 3 is 2.62 bits per heavy atom. The number of pyridine rings is 1. The van der Waals surface area contributed by atoms with Crippen LogP contribution in [0.15, 0.2) is 23.4 Å². The Morgan fingerprint density at radius 2 is 2.23 bits per heavy atom. The van der Waals surface area contributed by atoms with Crippen LogP contribution in [-0.4, -0.2) is 18.0 Å². The van der Waals surface area contributed by atoms with Crippen LogP contribution in [0.5, 0.6) is 0 Å². The van der Waals surface area contributed by atoms with Gasteiger partial charge in [0.05, 0.1) is 0 Å². The molecule has 0 aliphatic rings. The smallest absolute Gasteiger partial charge is 0.282 e. The molecule has 0 bridgehead atoms. The molecule has 1 rings (SSSR count). The SMILES string of the molecule is CC(F)c1ccncc1S(=O)(=O)O. The summed E-state index contributed by atoms with van der Waals surface area (Å²) in [5.74, 6) is 0. The van der Waals surface area contributed by atoms with Crippen LogP contribution in [0.1, 0.15) is 18.7 Å². The molecule has 0 aromatic carbocycles. The highest BCUT2D eigenvalue weighted by molar-refractivity contribution is 7.85. The summed E-state index contributed by atoms with van der Waals surface area (Å²) in [5, 5.41) is 0. The van der Waals surface area contributed by atoms with Gasteiger partial charge in [0.25, 0.3) is 10.1 Å². The van der Waals surface area contributed by atoms with Gasteiger partial charge >= 0.3 is 0 Å². The molecule has 1 aromatic heterocycles. The van der Waals surface area contributed by atoms with Gasteiger partial charge in [-0.2, -0.15) is 8.42 Å². The van der Waals surface area contributed by atoms with Gasteiger partial charge in [-0.05, 0) is 13.0 Å². The van der Waals surface area contributed by atoms with Crippen molar-refractivity contribution < 1.29 is 17.4 Å². The second-order valence-corrected chi connectivity index (χ2v) is 3.89. The summed E-state index contributed by atoms with van der Waals surface area (Å²) < 4.78 is 42.9. The van der Waals surface area contributed by atoms with E-state index in [4.69, 9.17) is 4.55 Å². The quantitative estimate of drug-likeness (QED) is 0.740. The van der Waals surface area contributed by atoms with Gasteiger partial charge in [0.15, 0.2) is 0 Å². The first-order valence-electron chi connectivity index (χ1n) is 3.48. The number of rotatable bonds is 2. The van der Waals surface area contributed by atoms with E-state index < -0.39 is 21.2 Å². The van der Waals surface area contributed by atoms with Crippen molar-refractivity contribution in [3.05, 3.63) is 24.0 Å². The first-order chi connectivity index (χ1) is 5.93. The Morgan fingerprint density at radius 1 is 1.62 bits per heavy atom. The zero-order valence-electron chi connectivity index (χ0n) is 6.81. The highest BCUT2D eigenvalue weighted by Gasteiger charge is 2.18. The Kier molecular flexibility index (Phi) is 2.63. The summed E-state index contributed by atoms with van der Waals surface area (Å²) in [5.41, 5.74) is -0.0856. The predicted octanol–water partition coefficient (Wildman–Crippen LogP) is 1.36.